The number of amides is 4. The van der Waals surface area contributed by atoms with Crippen LogP contribution in [0.1, 0.15) is 30.5 Å². The number of urea groups is 1. The average molecular weight is 631 g/mol. The van der Waals surface area contributed by atoms with Crippen LogP contribution in [0, 0.1) is 3.57 Å². The number of hydrogen-bond donors (Lipinski definition) is 1. The lowest BCUT2D eigenvalue weighted by molar-refractivity contribution is -0.122. The van der Waals surface area contributed by atoms with E-state index in [0.717, 1.165) is 26.0 Å². The monoisotopic (exact) mass is 630 g/mol. The van der Waals surface area contributed by atoms with Gasteiger partial charge in [0.15, 0.2) is 11.5 Å². The molecular formula is C28H24ClIN2O5. The highest BCUT2D eigenvalue weighted by molar-refractivity contribution is 14.1. The lowest BCUT2D eigenvalue weighted by Crippen LogP contribution is -2.54. The van der Waals surface area contributed by atoms with Gasteiger partial charge in [0.25, 0.3) is 11.8 Å². The Morgan fingerprint density at radius 1 is 0.946 bits per heavy atom. The first-order valence-electron chi connectivity index (χ1n) is 11.6. The molecular weight excluding hydrogens is 607 g/mol. The van der Waals surface area contributed by atoms with Crippen LogP contribution in [-0.2, 0) is 22.6 Å². The maximum absolute atomic E-state index is 13.3. The lowest BCUT2D eigenvalue weighted by Gasteiger charge is -2.26. The zero-order valence-electron chi connectivity index (χ0n) is 20.2. The van der Waals surface area contributed by atoms with Gasteiger partial charge >= 0.3 is 6.03 Å². The summed E-state index contributed by atoms with van der Waals surface area (Å²) >= 11 is 8.08. The first-order chi connectivity index (χ1) is 17.8. The second-order valence-corrected chi connectivity index (χ2v) is 9.75. The van der Waals surface area contributed by atoms with Crippen LogP contribution < -0.4 is 19.7 Å². The van der Waals surface area contributed by atoms with E-state index in [4.69, 9.17) is 21.1 Å². The van der Waals surface area contributed by atoms with Gasteiger partial charge in [-0.15, -0.1) is 0 Å². The van der Waals surface area contributed by atoms with Crippen molar-refractivity contribution in [2.75, 3.05) is 11.5 Å². The van der Waals surface area contributed by atoms with Gasteiger partial charge < -0.3 is 9.47 Å². The SMILES string of the molecule is CCOc1cc(/C=C2/C(=O)NC(=O)N(c3ccc(CC)cc3)C2=O)cc(I)c1OCc1ccc(Cl)cc1. The number of imide groups is 2. The number of hydrogen-bond acceptors (Lipinski definition) is 5. The van der Waals surface area contributed by atoms with Crippen molar-refractivity contribution in [1.82, 2.24) is 5.32 Å². The van der Waals surface area contributed by atoms with Crippen LogP contribution in [0.25, 0.3) is 6.08 Å². The number of halogens is 2. The van der Waals surface area contributed by atoms with E-state index in [-0.39, 0.29) is 5.57 Å². The molecule has 0 atom stereocenters. The molecule has 4 rings (SSSR count). The Bertz CT molecular complexity index is 1370. The van der Waals surface area contributed by atoms with Crippen molar-refractivity contribution in [3.05, 3.63) is 91.5 Å². The Morgan fingerprint density at radius 2 is 1.62 bits per heavy atom. The van der Waals surface area contributed by atoms with Crippen LogP contribution in [0.15, 0.2) is 66.2 Å². The molecule has 7 nitrogen and oxygen atoms in total. The fraction of sp³-hybridized carbons (Fsp3) is 0.179. The standard InChI is InChI=1S/C28H24ClIN2O5/c1-3-17-7-11-21(12-8-17)32-27(34)22(26(33)31-28(32)35)13-19-14-23(30)25(24(15-19)36-4-2)37-16-18-5-9-20(29)10-6-18/h5-15H,3-4,16H2,1-2H3,(H,31,33,35)/b22-13-. The normalized spacial score (nSPS) is 14.6. The largest absolute Gasteiger partial charge is 0.490 e. The molecule has 0 saturated carbocycles. The number of carbonyl (C=O) groups excluding carboxylic acids is 3. The van der Waals surface area contributed by atoms with E-state index in [1.54, 1.807) is 36.4 Å². The highest BCUT2D eigenvalue weighted by atomic mass is 127. The Kier molecular flexibility index (Phi) is 8.50. The second-order valence-electron chi connectivity index (χ2n) is 8.16. The molecule has 1 aliphatic rings. The van der Waals surface area contributed by atoms with E-state index in [1.165, 1.54) is 6.08 Å². The Labute approximate surface area is 233 Å². The molecule has 190 valence electrons. The van der Waals surface area contributed by atoms with Gasteiger partial charge in [-0.05, 0) is 95.1 Å². The number of nitrogens with zero attached hydrogens (tertiary/aromatic N) is 1. The molecule has 0 spiro atoms. The van der Waals surface area contributed by atoms with Crippen LogP contribution >= 0.6 is 34.2 Å². The molecule has 1 fully saturated rings. The minimum Gasteiger partial charge on any atom is -0.490 e. The van der Waals surface area contributed by atoms with Crippen molar-refractivity contribution >= 4 is 63.8 Å². The quantitative estimate of drug-likeness (QED) is 0.183. The molecule has 0 aliphatic carbocycles. The molecule has 1 heterocycles. The number of carbonyl (C=O) groups is 3. The van der Waals surface area contributed by atoms with E-state index >= 15 is 0 Å². The number of barbiturate groups is 1. The molecule has 3 aromatic carbocycles. The average Bonchev–Trinajstić information content (AvgIpc) is 2.87. The zero-order chi connectivity index (χ0) is 26.5. The van der Waals surface area contributed by atoms with Gasteiger partial charge in [-0.25, -0.2) is 9.69 Å². The van der Waals surface area contributed by atoms with Crippen molar-refractivity contribution in [3.8, 4) is 11.5 Å². The third kappa shape index (κ3) is 6.14. The molecule has 9 heteroatoms. The molecule has 0 bridgehead atoms. The van der Waals surface area contributed by atoms with Crippen LogP contribution in [0.5, 0.6) is 11.5 Å². The van der Waals surface area contributed by atoms with E-state index in [1.807, 2.05) is 38.1 Å². The number of aryl methyl sites for hydroxylation is 1. The fourth-order valence-corrected chi connectivity index (χ4v) is 4.66. The van der Waals surface area contributed by atoms with E-state index in [9.17, 15) is 14.4 Å². The van der Waals surface area contributed by atoms with Crippen LogP contribution in [-0.4, -0.2) is 24.5 Å². The smallest absolute Gasteiger partial charge is 0.335 e. The second kappa shape index (κ2) is 11.8. The van der Waals surface area contributed by atoms with E-state index in [0.29, 0.717) is 41.0 Å². The van der Waals surface area contributed by atoms with Gasteiger partial charge in [0.05, 0.1) is 15.9 Å². The fourth-order valence-electron chi connectivity index (χ4n) is 3.75. The number of nitrogens with one attached hydrogen (secondary N) is 1. The van der Waals surface area contributed by atoms with Gasteiger partial charge in [0.2, 0.25) is 0 Å². The first-order valence-corrected chi connectivity index (χ1v) is 13.1. The summed E-state index contributed by atoms with van der Waals surface area (Å²) in [4.78, 5) is 39.4. The minimum atomic E-state index is -0.785. The Morgan fingerprint density at radius 3 is 2.27 bits per heavy atom. The number of rotatable bonds is 8. The summed E-state index contributed by atoms with van der Waals surface area (Å²) in [7, 11) is 0. The predicted octanol–water partition coefficient (Wildman–Crippen LogP) is 6.15. The summed E-state index contributed by atoms with van der Waals surface area (Å²) < 4.78 is 12.6. The highest BCUT2D eigenvalue weighted by Crippen LogP contribution is 2.36. The summed E-state index contributed by atoms with van der Waals surface area (Å²) in [6, 6.07) is 17.1. The zero-order valence-corrected chi connectivity index (χ0v) is 23.1. The van der Waals surface area contributed by atoms with Gasteiger partial charge in [-0.3, -0.25) is 14.9 Å². The number of ether oxygens (including phenoxy) is 2. The van der Waals surface area contributed by atoms with Crippen LogP contribution in [0.3, 0.4) is 0 Å². The van der Waals surface area contributed by atoms with Crippen LogP contribution in [0.2, 0.25) is 5.02 Å². The third-order valence-corrected chi connectivity index (χ3v) is 6.70. The molecule has 1 aliphatic heterocycles. The van der Waals surface area contributed by atoms with Crippen molar-refractivity contribution in [2.45, 2.75) is 26.9 Å². The maximum atomic E-state index is 13.3. The minimum absolute atomic E-state index is 0.160. The molecule has 0 radical (unpaired) electrons. The topological polar surface area (TPSA) is 84.9 Å². The third-order valence-electron chi connectivity index (χ3n) is 5.64. The number of anilines is 1. The van der Waals surface area contributed by atoms with Crippen molar-refractivity contribution < 1.29 is 23.9 Å². The molecule has 4 amide bonds. The summed E-state index contributed by atoms with van der Waals surface area (Å²) in [6.45, 7) is 4.57. The van der Waals surface area contributed by atoms with Gasteiger partial charge in [-0.1, -0.05) is 42.8 Å². The van der Waals surface area contributed by atoms with Crippen molar-refractivity contribution in [3.63, 3.8) is 0 Å². The lowest BCUT2D eigenvalue weighted by atomic mass is 10.1. The summed E-state index contributed by atoms with van der Waals surface area (Å²) in [5.74, 6) is -0.435. The maximum Gasteiger partial charge on any atom is 0.335 e. The van der Waals surface area contributed by atoms with Gasteiger partial charge in [0, 0.05) is 5.02 Å². The number of benzene rings is 3. The summed E-state index contributed by atoms with van der Waals surface area (Å²) in [5.41, 5.74) is 2.79. The highest BCUT2D eigenvalue weighted by Gasteiger charge is 2.36. The molecule has 37 heavy (non-hydrogen) atoms. The predicted molar refractivity (Wildman–Crippen MR) is 151 cm³/mol. The Balaban J connectivity index is 1.64. The molecule has 1 saturated heterocycles. The van der Waals surface area contributed by atoms with Gasteiger partial charge in [0.1, 0.15) is 12.2 Å². The Hall–Kier alpha value is -3.37. The van der Waals surface area contributed by atoms with Gasteiger partial charge in [-0.2, -0.15) is 0 Å². The first kappa shape index (κ1) is 26.7. The van der Waals surface area contributed by atoms with Crippen LogP contribution in [0.4, 0.5) is 10.5 Å². The summed E-state index contributed by atoms with van der Waals surface area (Å²) in [6.07, 6.45) is 2.27. The molecule has 3 aromatic rings. The van der Waals surface area contributed by atoms with E-state index in [2.05, 4.69) is 27.9 Å². The van der Waals surface area contributed by atoms with E-state index < -0.39 is 17.8 Å². The molecule has 0 unspecified atom stereocenters. The summed E-state index contributed by atoms with van der Waals surface area (Å²) in [5, 5.41) is 2.90. The molecule has 0 aromatic heterocycles. The molecule has 1 N–H and O–H groups in total. The van der Waals surface area contributed by atoms with Crippen molar-refractivity contribution in [2.24, 2.45) is 0 Å². The van der Waals surface area contributed by atoms with Crippen molar-refractivity contribution in [1.29, 1.82) is 0 Å².